The number of rotatable bonds is 4. The van der Waals surface area contributed by atoms with E-state index in [9.17, 15) is 5.11 Å². The molecule has 0 saturated carbocycles. The summed E-state index contributed by atoms with van der Waals surface area (Å²) in [6.45, 7) is 5.96. The van der Waals surface area contributed by atoms with E-state index in [0.29, 0.717) is 5.92 Å². The molecule has 1 aromatic rings. The van der Waals surface area contributed by atoms with Crippen LogP contribution in [0.4, 0.5) is 0 Å². The van der Waals surface area contributed by atoms with Crippen LogP contribution in [0.3, 0.4) is 0 Å². The second-order valence-electron chi connectivity index (χ2n) is 4.80. The second-order valence-corrected chi connectivity index (χ2v) is 4.80. The fourth-order valence-electron chi connectivity index (χ4n) is 2.54. The van der Waals surface area contributed by atoms with Crippen LogP contribution in [0.2, 0.25) is 0 Å². The summed E-state index contributed by atoms with van der Waals surface area (Å²) in [4.78, 5) is 0. The lowest BCUT2D eigenvalue weighted by Gasteiger charge is -2.47. The third-order valence-electron chi connectivity index (χ3n) is 3.84. The van der Waals surface area contributed by atoms with Crippen molar-refractivity contribution >= 4 is 0 Å². The monoisotopic (exact) mass is 220 g/mol. The molecule has 1 aliphatic heterocycles. The minimum absolute atomic E-state index is 0.0528. The molecule has 0 aromatic heterocycles. The minimum atomic E-state index is 0.0528. The summed E-state index contributed by atoms with van der Waals surface area (Å²) in [6, 6.07) is 8.63. The molecule has 0 spiro atoms. The Bertz CT molecular complexity index is 334. The van der Waals surface area contributed by atoms with Crippen LogP contribution in [-0.4, -0.2) is 24.9 Å². The topological polar surface area (TPSA) is 29.5 Å². The van der Waals surface area contributed by atoms with Gasteiger partial charge in [0.2, 0.25) is 0 Å². The summed E-state index contributed by atoms with van der Waals surface area (Å²) in [5, 5.41) is 9.49. The Labute approximate surface area is 97.3 Å². The van der Waals surface area contributed by atoms with Gasteiger partial charge < -0.3 is 9.84 Å². The van der Waals surface area contributed by atoms with Gasteiger partial charge in [0.25, 0.3) is 0 Å². The van der Waals surface area contributed by atoms with E-state index in [1.54, 1.807) is 0 Å². The average molecular weight is 220 g/mol. The molecule has 0 bridgehead atoms. The maximum atomic E-state index is 9.49. The van der Waals surface area contributed by atoms with Gasteiger partial charge in [-0.05, 0) is 18.4 Å². The van der Waals surface area contributed by atoms with Crippen LogP contribution in [0.25, 0.3) is 0 Å². The Hall–Kier alpha value is -0.860. The molecule has 88 valence electrons. The van der Waals surface area contributed by atoms with Crippen LogP contribution >= 0.6 is 0 Å². The lowest BCUT2D eigenvalue weighted by atomic mass is 9.68. The summed E-state index contributed by atoms with van der Waals surface area (Å²) in [5.74, 6) is 0.309. The zero-order valence-electron chi connectivity index (χ0n) is 10.1. The van der Waals surface area contributed by atoms with E-state index in [2.05, 4.69) is 38.1 Å². The highest BCUT2D eigenvalue weighted by Gasteiger charge is 2.45. The molecule has 16 heavy (non-hydrogen) atoms. The summed E-state index contributed by atoms with van der Waals surface area (Å²) in [5.41, 5.74) is 2.64. The fourth-order valence-corrected chi connectivity index (χ4v) is 2.54. The molecule has 2 heteroatoms. The number of aliphatic hydroxyl groups excluding tert-OH is 1. The molecule has 2 rings (SSSR count). The first-order chi connectivity index (χ1) is 7.73. The minimum Gasteiger partial charge on any atom is -0.396 e. The fraction of sp³-hybridized carbons (Fsp3) is 0.571. The van der Waals surface area contributed by atoms with Gasteiger partial charge in [-0.1, -0.05) is 43.2 Å². The van der Waals surface area contributed by atoms with Crippen molar-refractivity contribution in [2.75, 3.05) is 19.8 Å². The van der Waals surface area contributed by atoms with Gasteiger partial charge in [-0.15, -0.1) is 0 Å². The summed E-state index contributed by atoms with van der Waals surface area (Å²) < 4.78 is 5.40. The summed E-state index contributed by atoms with van der Waals surface area (Å²) in [6.07, 6.45) is 0.994. The van der Waals surface area contributed by atoms with Crippen LogP contribution < -0.4 is 0 Å². The number of hydrogen-bond acceptors (Lipinski definition) is 2. The summed E-state index contributed by atoms with van der Waals surface area (Å²) in [7, 11) is 0. The number of ether oxygens (including phenoxy) is 1. The van der Waals surface area contributed by atoms with Crippen molar-refractivity contribution in [3.63, 3.8) is 0 Å². The highest BCUT2D eigenvalue weighted by Crippen LogP contribution is 2.40. The number of aryl methyl sites for hydroxylation is 1. The second kappa shape index (κ2) is 4.56. The van der Waals surface area contributed by atoms with E-state index in [4.69, 9.17) is 4.74 Å². The van der Waals surface area contributed by atoms with Gasteiger partial charge >= 0.3 is 0 Å². The van der Waals surface area contributed by atoms with Crippen LogP contribution in [0, 0.1) is 12.8 Å². The van der Waals surface area contributed by atoms with Crippen molar-refractivity contribution < 1.29 is 9.84 Å². The van der Waals surface area contributed by atoms with Gasteiger partial charge in [0.15, 0.2) is 0 Å². The van der Waals surface area contributed by atoms with Crippen LogP contribution in [0.15, 0.2) is 24.3 Å². The van der Waals surface area contributed by atoms with Crippen molar-refractivity contribution in [2.24, 2.45) is 5.92 Å². The maximum Gasteiger partial charge on any atom is 0.0589 e. The first-order valence-corrected chi connectivity index (χ1v) is 5.98. The third kappa shape index (κ3) is 1.76. The van der Waals surface area contributed by atoms with Crippen molar-refractivity contribution in [1.82, 2.24) is 0 Å². The van der Waals surface area contributed by atoms with E-state index >= 15 is 0 Å². The molecule has 1 fully saturated rings. The Morgan fingerprint density at radius 3 is 2.31 bits per heavy atom. The molecule has 0 amide bonds. The van der Waals surface area contributed by atoms with Crippen molar-refractivity contribution in [1.29, 1.82) is 0 Å². The van der Waals surface area contributed by atoms with Crippen molar-refractivity contribution in [2.45, 2.75) is 25.7 Å². The first-order valence-electron chi connectivity index (χ1n) is 5.98. The Balaban J connectivity index is 2.30. The van der Waals surface area contributed by atoms with Gasteiger partial charge in [0.1, 0.15) is 0 Å². The van der Waals surface area contributed by atoms with Gasteiger partial charge in [-0.25, -0.2) is 0 Å². The molecular weight excluding hydrogens is 200 g/mol. The molecule has 1 unspecified atom stereocenters. The van der Waals surface area contributed by atoms with Gasteiger partial charge in [-0.2, -0.15) is 0 Å². The standard InChI is InChI=1S/C14H20O2/c1-3-12(8-15)14(9-16-10-14)13-6-4-11(2)5-7-13/h4-7,12,15H,3,8-10H2,1-2H3. The molecule has 1 saturated heterocycles. The van der Waals surface area contributed by atoms with Crippen molar-refractivity contribution in [3.8, 4) is 0 Å². The molecule has 2 nitrogen and oxygen atoms in total. The Kier molecular flexibility index (Phi) is 3.31. The van der Waals surface area contributed by atoms with Crippen LogP contribution in [0.1, 0.15) is 24.5 Å². The Morgan fingerprint density at radius 1 is 1.31 bits per heavy atom. The normalized spacial score (nSPS) is 20.2. The molecule has 1 aromatic carbocycles. The van der Waals surface area contributed by atoms with Gasteiger partial charge in [0, 0.05) is 12.0 Å². The summed E-state index contributed by atoms with van der Waals surface area (Å²) >= 11 is 0. The highest BCUT2D eigenvalue weighted by atomic mass is 16.5. The molecule has 0 aliphatic carbocycles. The van der Waals surface area contributed by atoms with Crippen LogP contribution in [0.5, 0.6) is 0 Å². The number of benzene rings is 1. The highest BCUT2D eigenvalue weighted by molar-refractivity contribution is 5.31. The molecule has 0 radical (unpaired) electrons. The lowest BCUT2D eigenvalue weighted by molar-refractivity contribution is -0.101. The zero-order valence-corrected chi connectivity index (χ0v) is 10.1. The third-order valence-corrected chi connectivity index (χ3v) is 3.84. The number of aliphatic hydroxyl groups is 1. The number of hydrogen-bond donors (Lipinski definition) is 1. The molecule has 1 N–H and O–H groups in total. The maximum absolute atomic E-state index is 9.49. The molecule has 1 aliphatic rings. The Morgan fingerprint density at radius 2 is 1.94 bits per heavy atom. The first kappa shape index (κ1) is 11.6. The van der Waals surface area contributed by atoms with Gasteiger partial charge in [0.05, 0.1) is 13.2 Å². The quantitative estimate of drug-likeness (QED) is 0.843. The lowest BCUT2D eigenvalue weighted by Crippen LogP contribution is -2.53. The van der Waals surface area contributed by atoms with E-state index in [0.717, 1.165) is 19.6 Å². The zero-order chi connectivity index (χ0) is 11.6. The predicted octanol–water partition coefficient (Wildman–Crippen LogP) is 2.28. The van der Waals surface area contributed by atoms with E-state index < -0.39 is 0 Å². The van der Waals surface area contributed by atoms with Crippen molar-refractivity contribution in [3.05, 3.63) is 35.4 Å². The SMILES string of the molecule is CCC(CO)C1(c2ccc(C)cc2)COC1. The van der Waals surface area contributed by atoms with Gasteiger partial charge in [-0.3, -0.25) is 0 Å². The van der Waals surface area contributed by atoms with E-state index in [1.165, 1.54) is 11.1 Å². The predicted molar refractivity (Wildman–Crippen MR) is 64.5 cm³/mol. The smallest absolute Gasteiger partial charge is 0.0589 e. The largest absolute Gasteiger partial charge is 0.396 e. The van der Waals surface area contributed by atoms with E-state index in [1.807, 2.05) is 0 Å². The average Bonchev–Trinajstić information content (AvgIpc) is 2.25. The van der Waals surface area contributed by atoms with E-state index in [-0.39, 0.29) is 12.0 Å². The molecule has 1 heterocycles. The van der Waals surface area contributed by atoms with Crippen LogP contribution in [-0.2, 0) is 10.2 Å². The molecule has 1 atom stereocenters. The molecular formula is C14H20O2.